The fraction of sp³-hybridized carbons (Fsp3) is 0.222. The SMILES string of the molecule is COc1cc(S(=O)(=O)N(C)c2cc(-c3ccc(C)o3)ccc2C)ncn1. The molecule has 3 aromatic rings. The summed E-state index contributed by atoms with van der Waals surface area (Å²) in [5.41, 5.74) is 2.14. The summed E-state index contributed by atoms with van der Waals surface area (Å²) < 4.78 is 37.8. The van der Waals surface area contributed by atoms with E-state index in [1.807, 2.05) is 38.1 Å². The van der Waals surface area contributed by atoms with Crippen molar-refractivity contribution in [2.75, 3.05) is 18.5 Å². The molecule has 8 heteroatoms. The lowest BCUT2D eigenvalue weighted by Crippen LogP contribution is -2.28. The molecule has 0 N–H and O–H groups in total. The second kappa shape index (κ2) is 6.80. The van der Waals surface area contributed by atoms with Crippen LogP contribution in [0.25, 0.3) is 11.3 Å². The molecule has 0 fully saturated rings. The van der Waals surface area contributed by atoms with E-state index >= 15 is 0 Å². The molecule has 2 aromatic heterocycles. The third-order valence-corrected chi connectivity index (χ3v) is 5.69. The van der Waals surface area contributed by atoms with E-state index in [-0.39, 0.29) is 10.9 Å². The first-order valence-corrected chi connectivity index (χ1v) is 9.29. The van der Waals surface area contributed by atoms with Gasteiger partial charge in [-0.2, -0.15) is 8.42 Å². The van der Waals surface area contributed by atoms with Crippen LogP contribution in [-0.2, 0) is 10.0 Å². The standard InChI is InChI=1S/C18H19N3O4S/c1-12-5-7-14(16-8-6-13(2)25-16)9-15(12)21(3)26(22,23)18-10-17(24-4)19-11-20-18/h5-11H,1-4H3. The van der Waals surface area contributed by atoms with Gasteiger partial charge in [-0.05, 0) is 37.6 Å². The maximum absolute atomic E-state index is 13.0. The normalized spacial score (nSPS) is 11.4. The number of sulfonamides is 1. The van der Waals surface area contributed by atoms with E-state index in [4.69, 9.17) is 9.15 Å². The van der Waals surface area contributed by atoms with Crippen molar-refractivity contribution >= 4 is 15.7 Å². The van der Waals surface area contributed by atoms with Crippen LogP contribution in [0.2, 0.25) is 0 Å². The van der Waals surface area contributed by atoms with Crippen LogP contribution >= 0.6 is 0 Å². The molecule has 0 aliphatic rings. The zero-order valence-corrected chi connectivity index (χ0v) is 15.7. The molecule has 0 unspecified atom stereocenters. The minimum Gasteiger partial charge on any atom is -0.481 e. The Morgan fingerprint density at radius 2 is 1.85 bits per heavy atom. The molecule has 0 bridgehead atoms. The van der Waals surface area contributed by atoms with Gasteiger partial charge in [-0.3, -0.25) is 4.31 Å². The molecule has 1 aromatic carbocycles. The van der Waals surface area contributed by atoms with Gasteiger partial charge in [0.25, 0.3) is 10.0 Å². The Kier molecular flexibility index (Phi) is 4.69. The van der Waals surface area contributed by atoms with Gasteiger partial charge in [-0.25, -0.2) is 9.97 Å². The Balaban J connectivity index is 2.04. The van der Waals surface area contributed by atoms with Crippen LogP contribution in [0.1, 0.15) is 11.3 Å². The Bertz CT molecular complexity index is 1040. The van der Waals surface area contributed by atoms with Gasteiger partial charge in [-0.15, -0.1) is 0 Å². The average Bonchev–Trinajstić information content (AvgIpc) is 3.08. The minimum atomic E-state index is -3.87. The van der Waals surface area contributed by atoms with Gasteiger partial charge in [0, 0.05) is 18.7 Å². The van der Waals surface area contributed by atoms with Crippen molar-refractivity contribution in [1.82, 2.24) is 9.97 Å². The zero-order valence-electron chi connectivity index (χ0n) is 14.9. The van der Waals surface area contributed by atoms with Crippen LogP contribution in [0.5, 0.6) is 5.88 Å². The van der Waals surface area contributed by atoms with Crippen molar-refractivity contribution in [1.29, 1.82) is 0 Å². The van der Waals surface area contributed by atoms with E-state index in [0.717, 1.165) is 23.2 Å². The van der Waals surface area contributed by atoms with Crippen LogP contribution in [0.4, 0.5) is 5.69 Å². The molecule has 0 saturated heterocycles. The first-order valence-electron chi connectivity index (χ1n) is 7.85. The Morgan fingerprint density at radius 3 is 2.50 bits per heavy atom. The molecular weight excluding hydrogens is 354 g/mol. The summed E-state index contributed by atoms with van der Waals surface area (Å²) in [5.74, 6) is 1.65. The molecule has 136 valence electrons. The highest BCUT2D eigenvalue weighted by molar-refractivity contribution is 7.92. The topological polar surface area (TPSA) is 85.5 Å². The summed E-state index contributed by atoms with van der Waals surface area (Å²) in [4.78, 5) is 7.73. The zero-order chi connectivity index (χ0) is 18.9. The molecule has 7 nitrogen and oxygen atoms in total. The van der Waals surface area contributed by atoms with E-state index in [1.165, 1.54) is 24.5 Å². The summed E-state index contributed by atoms with van der Waals surface area (Å²) in [6.45, 7) is 3.71. The quantitative estimate of drug-likeness (QED) is 0.639. The van der Waals surface area contributed by atoms with Gasteiger partial charge >= 0.3 is 0 Å². The van der Waals surface area contributed by atoms with Gasteiger partial charge in [-0.1, -0.05) is 12.1 Å². The molecular formula is C18H19N3O4S. The van der Waals surface area contributed by atoms with Crippen LogP contribution in [0, 0.1) is 13.8 Å². The van der Waals surface area contributed by atoms with Crippen molar-refractivity contribution < 1.29 is 17.6 Å². The highest BCUT2D eigenvalue weighted by atomic mass is 32.2. The van der Waals surface area contributed by atoms with E-state index in [2.05, 4.69) is 9.97 Å². The monoisotopic (exact) mass is 373 g/mol. The minimum absolute atomic E-state index is 0.134. The lowest BCUT2D eigenvalue weighted by Gasteiger charge is -2.21. The van der Waals surface area contributed by atoms with E-state index in [9.17, 15) is 8.42 Å². The molecule has 0 radical (unpaired) electrons. The molecule has 0 atom stereocenters. The van der Waals surface area contributed by atoms with Gasteiger partial charge in [0.1, 0.15) is 17.8 Å². The molecule has 3 rings (SSSR count). The van der Waals surface area contributed by atoms with Crippen molar-refractivity contribution in [2.24, 2.45) is 0 Å². The number of methoxy groups -OCH3 is 1. The summed E-state index contributed by atoms with van der Waals surface area (Å²) >= 11 is 0. The van der Waals surface area contributed by atoms with Crippen molar-refractivity contribution in [3.63, 3.8) is 0 Å². The van der Waals surface area contributed by atoms with Crippen molar-refractivity contribution in [3.05, 3.63) is 54.0 Å². The predicted molar refractivity (Wildman–Crippen MR) is 97.8 cm³/mol. The molecule has 0 saturated carbocycles. The van der Waals surface area contributed by atoms with E-state index in [0.29, 0.717) is 11.4 Å². The maximum atomic E-state index is 13.0. The Labute approximate surface area is 152 Å². The molecule has 26 heavy (non-hydrogen) atoms. The van der Waals surface area contributed by atoms with Gasteiger partial charge in [0.05, 0.1) is 12.8 Å². The molecule has 0 aliphatic heterocycles. The first-order chi connectivity index (χ1) is 12.3. The van der Waals surface area contributed by atoms with Gasteiger partial charge < -0.3 is 9.15 Å². The highest BCUT2D eigenvalue weighted by Crippen LogP contribution is 2.31. The fourth-order valence-corrected chi connectivity index (χ4v) is 3.70. The smallest absolute Gasteiger partial charge is 0.281 e. The van der Waals surface area contributed by atoms with Gasteiger partial charge in [0.2, 0.25) is 5.88 Å². The van der Waals surface area contributed by atoms with Crippen LogP contribution in [0.15, 0.2) is 52.2 Å². The molecule has 2 heterocycles. The average molecular weight is 373 g/mol. The lowest BCUT2D eigenvalue weighted by atomic mass is 10.1. The highest BCUT2D eigenvalue weighted by Gasteiger charge is 2.25. The van der Waals surface area contributed by atoms with E-state index < -0.39 is 10.0 Å². The largest absolute Gasteiger partial charge is 0.481 e. The lowest BCUT2D eigenvalue weighted by molar-refractivity contribution is 0.394. The number of ether oxygens (including phenoxy) is 1. The van der Waals surface area contributed by atoms with Crippen LogP contribution in [0.3, 0.4) is 0 Å². The van der Waals surface area contributed by atoms with Crippen molar-refractivity contribution in [2.45, 2.75) is 18.9 Å². The third kappa shape index (κ3) is 3.28. The van der Waals surface area contributed by atoms with Crippen LogP contribution in [-0.4, -0.2) is 32.5 Å². The summed E-state index contributed by atoms with van der Waals surface area (Å²) in [5, 5.41) is -0.134. The second-order valence-electron chi connectivity index (χ2n) is 5.78. The second-order valence-corrected chi connectivity index (χ2v) is 7.70. The number of benzene rings is 1. The van der Waals surface area contributed by atoms with Crippen molar-refractivity contribution in [3.8, 4) is 17.2 Å². The third-order valence-electron chi connectivity index (χ3n) is 4.02. The number of hydrogen-bond acceptors (Lipinski definition) is 6. The Morgan fingerprint density at radius 1 is 1.08 bits per heavy atom. The molecule has 0 amide bonds. The summed E-state index contributed by atoms with van der Waals surface area (Å²) in [6.07, 6.45) is 1.16. The number of nitrogens with zero attached hydrogens (tertiary/aromatic N) is 3. The number of furan rings is 1. The predicted octanol–water partition coefficient (Wildman–Crippen LogP) is 3.19. The number of hydrogen-bond donors (Lipinski definition) is 0. The number of aryl methyl sites for hydroxylation is 2. The Hall–Kier alpha value is -2.87. The van der Waals surface area contributed by atoms with Gasteiger partial charge in [0.15, 0.2) is 5.03 Å². The number of aromatic nitrogens is 2. The summed E-state index contributed by atoms with van der Waals surface area (Å²) in [6, 6.07) is 10.5. The molecule has 0 aliphatic carbocycles. The van der Waals surface area contributed by atoms with E-state index in [1.54, 1.807) is 6.07 Å². The fourth-order valence-electron chi connectivity index (χ4n) is 2.54. The molecule has 0 spiro atoms. The number of rotatable bonds is 5. The number of anilines is 1. The first kappa shape index (κ1) is 17.9. The maximum Gasteiger partial charge on any atom is 0.281 e. The van der Waals surface area contributed by atoms with Crippen LogP contribution < -0.4 is 9.04 Å². The summed E-state index contributed by atoms with van der Waals surface area (Å²) in [7, 11) is -0.962.